The molecule has 2 aromatic heterocycles. The molecule has 5 nitrogen and oxygen atoms in total. The molecule has 4 rings (SSSR count). The van der Waals surface area contributed by atoms with E-state index in [1.165, 1.54) is 18.2 Å². The molecule has 0 amide bonds. The van der Waals surface area contributed by atoms with Crippen LogP contribution in [0.2, 0.25) is 0 Å². The van der Waals surface area contributed by atoms with Crippen LogP contribution in [0.15, 0.2) is 28.7 Å². The Labute approximate surface area is 167 Å². The first-order valence-corrected chi connectivity index (χ1v) is 9.48. The lowest BCUT2D eigenvalue weighted by Crippen LogP contribution is -2.35. The Morgan fingerprint density at radius 2 is 1.90 bits per heavy atom. The van der Waals surface area contributed by atoms with E-state index >= 15 is 0 Å². The van der Waals surface area contributed by atoms with Crippen molar-refractivity contribution in [1.29, 1.82) is 0 Å². The SMILES string of the molecule is C#C[C@]1(c2nnc(C)o2)CC[C@H](C(C)C)c2cc(-c3c(F)cccc3F)nnc21. The number of terminal acetylenes is 1. The van der Waals surface area contributed by atoms with E-state index in [1.54, 1.807) is 13.0 Å². The average Bonchev–Trinajstić information content (AvgIpc) is 3.13. The first-order chi connectivity index (χ1) is 13.9. The van der Waals surface area contributed by atoms with E-state index in [9.17, 15) is 8.78 Å². The molecular formula is C22H20F2N4O. The van der Waals surface area contributed by atoms with E-state index in [-0.39, 0.29) is 23.1 Å². The number of hydrogen-bond acceptors (Lipinski definition) is 5. The smallest absolute Gasteiger partial charge is 0.240 e. The van der Waals surface area contributed by atoms with Crippen LogP contribution in [0.1, 0.15) is 55.6 Å². The summed E-state index contributed by atoms with van der Waals surface area (Å²) in [6, 6.07) is 5.42. The summed E-state index contributed by atoms with van der Waals surface area (Å²) in [5, 5.41) is 16.6. The molecule has 0 fully saturated rings. The van der Waals surface area contributed by atoms with Crippen LogP contribution in [0, 0.1) is 36.8 Å². The van der Waals surface area contributed by atoms with Crippen molar-refractivity contribution < 1.29 is 13.2 Å². The van der Waals surface area contributed by atoms with E-state index in [0.29, 0.717) is 23.9 Å². The largest absolute Gasteiger partial charge is 0.423 e. The van der Waals surface area contributed by atoms with Gasteiger partial charge in [-0.25, -0.2) is 8.78 Å². The maximum absolute atomic E-state index is 14.3. The minimum atomic E-state index is -1.01. The monoisotopic (exact) mass is 394 g/mol. The van der Waals surface area contributed by atoms with Gasteiger partial charge in [0.25, 0.3) is 0 Å². The van der Waals surface area contributed by atoms with E-state index in [2.05, 4.69) is 40.2 Å². The summed E-state index contributed by atoms with van der Waals surface area (Å²) in [5.41, 5.74) is 0.276. The second-order valence-corrected chi connectivity index (χ2v) is 7.70. The van der Waals surface area contributed by atoms with Crippen molar-refractivity contribution >= 4 is 0 Å². The van der Waals surface area contributed by atoms with Crippen LogP contribution in [0.25, 0.3) is 11.3 Å². The van der Waals surface area contributed by atoms with Gasteiger partial charge in [0.1, 0.15) is 11.6 Å². The van der Waals surface area contributed by atoms with Gasteiger partial charge in [0.15, 0.2) is 5.41 Å². The summed E-state index contributed by atoms with van der Waals surface area (Å²) in [6.07, 6.45) is 7.27. The molecular weight excluding hydrogens is 374 g/mol. The summed E-state index contributed by atoms with van der Waals surface area (Å²) in [6.45, 7) is 5.88. The molecule has 0 spiro atoms. The van der Waals surface area contributed by atoms with Gasteiger partial charge in [-0.1, -0.05) is 25.8 Å². The highest BCUT2D eigenvalue weighted by atomic mass is 19.1. The third-order valence-corrected chi connectivity index (χ3v) is 5.62. The second-order valence-electron chi connectivity index (χ2n) is 7.70. The van der Waals surface area contributed by atoms with Crippen molar-refractivity contribution in [2.45, 2.75) is 44.9 Å². The van der Waals surface area contributed by atoms with Crippen LogP contribution in [0.5, 0.6) is 0 Å². The van der Waals surface area contributed by atoms with E-state index in [1.807, 2.05) is 0 Å². The van der Waals surface area contributed by atoms with E-state index in [0.717, 1.165) is 12.0 Å². The number of halogens is 2. The molecule has 3 aromatic rings. The Balaban J connectivity index is 1.95. The van der Waals surface area contributed by atoms with Crippen molar-refractivity contribution in [2.75, 3.05) is 0 Å². The molecule has 0 radical (unpaired) electrons. The number of fused-ring (bicyclic) bond motifs is 1. The minimum absolute atomic E-state index is 0.111. The van der Waals surface area contributed by atoms with Crippen LogP contribution < -0.4 is 0 Å². The number of benzene rings is 1. The summed E-state index contributed by atoms with van der Waals surface area (Å²) in [7, 11) is 0. The normalized spacial score (nSPS) is 21.1. The van der Waals surface area contributed by atoms with Crippen LogP contribution in [-0.4, -0.2) is 20.4 Å². The van der Waals surface area contributed by atoms with Gasteiger partial charge < -0.3 is 4.42 Å². The van der Waals surface area contributed by atoms with Gasteiger partial charge in [0, 0.05) is 6.92 Å². The molecule has 1 aliphatic rings. The molecule has 29 heavy (non-hydrogen) atoms. The molecule has 0 saturated carbocycles. The van der Waals surface area contributed by atoms with Crippen molar-refractivity contribution in [3.8, 4) is 23.6 Å². The molecule has 2 heterocycles. The minimum Gasteiger partial charge on any atom is -0.423 e. The Bertz CT molecular complexity index is 1100. The number of hydrogen-bond donors (Lipinski definition) is 0. The van der Waals surface area contributed by atoms with Gasteiger partial charge in [0.2, 0.25) is 11.8 Å². The second kappa shape index (κ2) is 7.03. The van der Waals surface area contributed by atoms with E-state index in [4.69, 9.17) is 10.8 Å². The fraction of sp³-hybridized carbons (Fsp3) is 0.364. The molecule has 0 saturated heterocycles. The maximum atomic E-state index is 14.3. The maximum Gasteiger partial charge on any atom is 0.240 e. The highest BCUT2D eigenvalue weighted by Crippen LogP contribution is 2.48. The van der Waals surface area contributed by atoms with Crippen LogP contribution in [0.3, 0.4) is 0 Å². The third-order valence-electron chi connectivity index (χ3n) is 5.62. The van der Waals surface area contributed by atoms with Crippen LogP contribution in [0.4, 0.5) is 8.78 Å². The number of aromatic nitrogens is 4. The third kappa shape index (κ3) is 3.00. The molecule has 0 N–H and O–H groups in total. The number of rotatable bonds is 3. The van der Waals surface area contributed by atoms with Gasteiger partial charge in [-0.05, 0) is 48.4 Å². The standard InChI is InChI=1S/C22H20F2N4O/c1-5-22(21-28-25-13(4)29-21)10-9-14(12(2)3)15-11-18(26-27-20(15)22)19-16(23)7-6-8-17(19)24/h1,6-8,11-12,14H,9-10H2,2-4H3/t14-,22+/m1/s1. The van der Waals surface area contributed by atoms with Gasteiger partial charge in [0.05, 0.1) is 17.0 Å². The number of aryl methyl sites for hydroxylation is 1. The summed E-state index contributed by atoms with van der Waals surface area (Å²) in [5.74, 6) is 2.50. The van der Waals surface area contributed by atoms with Crippen molar-refractivity contribution in [3.63, 3.8) is 0 Å². The van der Waals surface area contributed by atoms with Gasteiger partial charge in [-0.2, -0.15) is 5.10 Å². The van der Waals surface area contributed by atoms with Crippen molar-refractivity contribution in [3.05, 3.63) is 58.9 Å². The highest BCUT2D eigenvalue weighted by molar-refractivity contribution is 5.62. The Morgan fingerprint density at radius 1 is 1.17 bits per heavy atom. The molecule has 1 aliphatic carbocycles. The lowest BCUT2D eigenvalue weighted by molar-refractivity contribution is 0.328. The summed E-state index contributed by atoms with van der Waals surface area (Å²) >= 11 is 0. The zero-order chi connectivity index (χ0) is 20.8. The lowest BCUT2D eigenvalue weighted by atomic mass is 9.67. The molecule has 0 bridgehead atoms. The van der Waals surface area contributed by atoms with Gasteiger partial charge in [-0.3, -0.25) is 0 Å². The van der Waals surface area contributed by atoms with Crippen LogP contribution in [-0.2, 0) is 5.41 Å². The zero-order valence-electron chi connectivity index (χ0n) is 16.4. The highest BCUT2D eigenvalue weighted by Gasteiger charge is 2.46. The molecule has 1 aromatic carbocycles. The van der Waals surface area contributed by atoms with Crippen molar-refractivity contribution in [1.82, 2.24) is 20.4 Å². The lowest BCUT2D eigenvalue weighted by Gasteiger charge is -2.36. The zero-order valence-corrected chi connectivity index (χ0v) is 16.4. The summed E-state index contributed by atoms with van der Waals surface area (Å²) < 4.78 is 34.3. The average molecular weight is 394 g/mol. The first kappa shape index (κ1) is 19.2. The molecule has 7 heteroatoms. The Hall–Kier alpha value is -3.14. The molecule has 0 unspecified atom stereocenters. The van der Waals surface area contributed by atoms with Gasteiger partial charge in [-0.15, -0.1) is 21.7 Å². The molecule has 0 aliphatic heterocycles. The summed E-state index contributed by atoms with van der Waals surface area (Å²) in [4.78, 5) is 0. The fourth-order valence-corrected chi connectivity index (χ4v) is 4.10. The van der Waals surface area contributed by atoms with Crippen molar-refractivity contribution in [2.24, 2.45) is 5.92 Å². The Kier molecular flexibility index (Phi) is 4.65. The predicted octanol–water partition coefficient (Wildman–Crippen LogP) is 4.57. The quantitative estimate of drug-likeness (QED) is 0.609. The molecule has 148 valence electrons. The van der Waals surface area contributed by atoms with Crippen LogP contribution >= 0.6 is 0 Å². The fourth-order valence-electron chi connectivity index (χ4n) is 4.10. The predicted molar refractivity (Wildman–Crippen MR) is 103 cm³/mol. The van der Waals surface area contributed by atoms with E-state index < -0.39 is 17.0 Å². The molecule has 2 atom stereocenters. The Morgan fingerprint density at radius 3 is 2.48 bits per heavy atom. The number of nitrogens with zero attached hydrogens (tertiary/aromatic N) is 4. The van der Waals surface area contributed by atoms with Gasteiger partial charge >= 0.3 is 0 Å². The topological polar surface area (TPSA) is 64.7 Å². The first-order valence-electron chi connectivity index (χ1n) is 9.48.